The summed E-state index contributed by atoms with van der Waals surface area (Å²) in [6.45, 7) is 8.12. The van der Waals surface area contributed by atoms with Crippen molar-refractivity contribution in [1.29, 1.82) is 0 Å². The second kappa shape index (κ2) is 12.6. The predicted octanol–water partition coefficient (Wildman–Crippen LogP) is 5.10. The van der Waals surface area contributed by atoms with Crippen LogP contribution in [0.15, 0.2) is 82.7 Å². The number of aryl methyl sites for hydroxylation is 2. The lowest BCUT2D eigenvalue weighted by Crippen LogP contribution is -2.27. The Hall–Kier alpha value is -4.89. The van der Waals surface area contributed by atoms with Crippen LogP contribution in [0.1, 0.15) is 48.0 Å². The molecule has 0 aliphatic rings. The lowest BCUT2D eigenvalue weighted by molar-refractivity contribution is 0.0512. The van der Waals surface area contributed by atoms with Gasteiger partial charge in [0.1, 0.15) is 44.8 Å². The zero-order valence-corrected chi connectivity index (χ0v) is 26.5. The quantitative estimate of drug-likeness (QED) is 0.223. The first-order valence-electron chi connectivity index (χ1n) is 13.3. The summed E-state index contributed by atoms with van der Waals surface area (Å²) < 4.78 is 74.7. The van der Waals surface area contributed by atoms with Crippen LogP contribution >= 0.6 is 0 Å². The van der Waals surface area contributed by atoms with Gasteiger partial charge in [-0.15, -0.1) is 0 Å². The van der Waals surface area contributed by atoms with Crippen LogP contribution in [0.3, 0.4) is 0 Å². The van der Waals surface area contributed by atoms with Gasteiger partial charge in [0.15, 0.2) is 5.75 Å². The highest BCUT2D eigenvalue weighted by atomic mass is 32.2. The second-order valence-corrected chi connectivity index (χ2v) is 13.9. The Bertz CT molecular complexity index is 1940. The van der Waals surface area contributed by atoms with Crippen molar-refractivity contribution >= 4 is 32.3 Å². The van der Waals surface area contributed by atoms with E-state index in [1.165, 1.54) is 48.7 Å². The van der Waals surface area contributed by atoms with Gasteiger partial charge in [0.2, 0.25) is 0 Å². The molecule has 45 heavy (non-hydrogen) atoms. The molecule has 1 aromatic heterocycles. The highest BCUT2D eigenvalue weighted by Gasteiger charge is 2.28. The number of carboxylic acid groups (broad SMARTS) is 1. The summed E-state index contributed by atoms with van der Waals surface area (Å²) in [5.41, 5.74) is 0.191. The fraction of sp³-hybridized carbons (Fsp3) is 0.233. The molecule has 0 aliphatic carbocycles. The molecule has 0 atom stereocenters. The molecule has 0 radical (unpaired) electrons. The Morgan fingerprint density at radius 2 is 1.31 bits per heavy atom. The summed E-state index contributed by atoms with van der Waals surface area (Å²) in [5, 5.41) is 14.1. The molecular formula is C30H30N2O11S2. The molecule has 13 nitrogen and oxygen atoms in total. The average molecular weight is 659 g/mol. The van der Waals surface area contributed by atoms with Crippen LogP contribution in [-0.2, 0) is 31.6 Å². The molecule has 15 heteroatoms. The molecule has 3 aromatic carbocycles. The van der Waals surface area contributed by atoms with E-state index >= 15 is 0 Å². The van der Waals surface area contributed by atoms with E-state index in [1.54, 1.807) is 46.8 Å². The number of benzene rings is 3. The molecular weight excluding hydrogens is 628 g/mol. The maximum atomic E-state index is 13.1. The molecule has 1 N–H and O–H groups in total. The van der Waals surface area contributed by atoms with Crippen molar-refractivity contribution in [3.8, 4) is 17.2 Å². The van der Waals surface area contributed by atoms with Gasteiger partial charge in [0, 0.05) is 18.3 Å². The van der Waals surface area contributed by atoms with Gasteiger partial charge in [-0.1, -0.05) is 35.4 Å². The Kier molecular flexibility index (Phi) is 9.25. The molecule has 0 aliphatic heterocycles. The molecule has 0 unspecified atom stereocenters. The summed E-state index contributed by atoms with van der Waals surface area (Å²) >= 11 is 0. The number of carbonyl (C=O) groups excluding carboxylic acids is 1. The lowest BCUT2D eigenvalue weighted by atomic mass is 10.1. The van der Waals surface area contributed by atoms with Crippen molar-refractivity contribution in [2.45, 2.75) is 56.6 Å². The number of aromatic nitrogens is 2. The van der Waals surface area contributed by atoms with Gasteiger partial charge in [-0.2, -0.15) is 26.6 Å². The highest BCUT2D eigenvalue weighted by molar-refractivity contribution is 7.87. The summed E-state index contributed by atoms with van der Waals surface area (Å²) in [5.74, 6) is -3.41. The van der Waals surface area contributed by atoms with Gasteiger partial charge in [0.05, 0.1) is 0 Å². The standard InChI is InChI=1S/C30H30N2O11S2/c1-19-6-10-23(11-7-19)44(36,37)42-22-16-25(40-18-21-14-15-32(31-21)29(35)41-30(3,4)5)27(28(33)34)26(17-22)43-45(38,39)24-12-8-20(2)9-13-24/h6-17H,18H2,1-5H3,(H,33,34). The highest BCUT2D eigenvalue weighted by Crippen LogP contribution is 2.37. The number of nitrogens with zero attached hydrogens (tertiary/aromatic N) is 2. The zero-order valence-electron chi connectivity index (χ0n) is 24.9. The van der Waals surface area contributed by atoms with Crippen molar-refractivity contribution < 1.29 is 49.4 Å². The van der Waals surface area contributed by atoms with Crippen LogP contribution in [0.4, 0.5) is 4.79 Å². The summed E-state index contributed by atoms with van der Waals surface area (Å²) in [6, 6.07) is 14.5. The van der Waals surface area contributed by atoms with Crippen LogP contribution in [0, 0.1) is 13.8 Å². The van der Waals surface area contributed by atoms with E-state index in [2.05, 4.69) is 5.10 Å². The largest absolute Gasteiger partial charge is 0.486 e. The van der Waals surface area contributed by atoms with E-state index in [0.717, 1.165) is 27.9 Å². The van der Waals surface area contributed by atoms with Crippen molar-refractivity contribution in [2.75, 3.05) is 0 Å². The molecule has 0 saturated carbocycles. The SMILES string of the molecule is Cc1ccc(S(=O)(=O)Oc2cc(OCc3ccn(C(=O)OC(C)(C)C)n3)c(C(=O)O)c(OS(=O)(=O)c3ccc(C)cc3)c2)cc1. The minimum Gasteiger partial charge on any atom is -0.486 e. The molecule has 1 heterocycles. The third-order valence-electron chi connectivity index (χ3n) is 5.88. The molecule has 0 fully saturated rings. The number of aromatic carboxylic acids is 1. The van der Waals surface area contributed by atoms with Crippen LogP contribution in [0.25, 0.3) is 0 Å². The summed E-state index contributed by atoms with van der Waals surface area (Å²) in [7, 11) is -9.06. The summed E-state index contributed by atoms with van der Waals surface area (Å²) in [6.07, 6.45) is 0.537. The fourth-order valence-electron chi connectivity index (χ4n) is 3.76. The van der Waals surface area contributed by atoms with Gasteiger partial charge >= 0.3 is 32.3 Å². The molecule has 0 bridgehead atoms. The van der Waals surface area contributed by atoms with Gasteiger partial charge in [0.25, 0.3) is 0 Å². The second-order valence-electron chi connectivity index (χ2n) is 10.8. The predicted molar refractivity (Wildman–Crippen MR) is 160 cm³/mol. The Balaban J connectivity index is 1.74. The molecule has 238 valence electrons. The Morgan fingerprint density at radius 1 is 0.800 bits per heavy atom. The van der Waals surface area contributed by atoms with Crippen molar-refractivity contribution in [3.05, 3.63) is 95.3 Å². The third-order valence-corrected chi connectivity index (χ3v) is 8.39. The smallest absolute Gasteiger partial charge is 0.435 e. The van der Waals surface area contributed by atoms with Crippen molar-refractivity contribution in [2.24, 2.45) is 0 Å². The maximum absolute atomic E-state index is 13.1. The molecule has 0 amide bonds. The normalized spacial score (nSPS) is 11.9. The van der Waals surface area contributed by atoms with Gasteiger partial charge < -0.3 is 22.9 Å². The Morgan fingerprint density at radius 3 is 1.82 bits per heavy atom. The maximum Gasteiger partial charge on any atom is 0.435 e. The number of ether oxygens (including phenoxy) is 2. The van der Waals surface area contributed by atoms with Crippen LogP contribution in [0.5, 0.6) is 17.2 Å². The first-order valence-corrected chi connectivity index (χ1v) is 16.1. The third kappa shape index (κ3) is 8.39. The number of rotatable bonds is 10. The lowest BCUT2D eigenvalue weighted by Gasteiger charge is -2.18. The molecule has 0 spiro atoms. The average Bonchev–Trinajstić information content (AvgIpc) is 3.40. The number of hydrogen-bond donors (Lipinski definition) is 1. The Labute approximate surface area is 260 Å². The molecule has 4 rings (SSSR count). The molecule has 0 saturated heterocycles. The topological polar surface area (TPSA) is 177 Å². The van der Waals surface area contributed by atoms with Crippen molar-refractivity contribution in [3.63, 3.8) is 0 Å². The van der Waals surface area contributed by atoms with Gasteiger partial charge in [-0.25, -0.2) is 9.59 Å². The van der Waals surface area contributed by atoms with Crippen LogP contribution in [-0.4, -0.2) is 49.4 Å². The zero-order chi connectivity index (χ0) is 33.2. The molecule has 4 aromatic rings. The van der Waals surface area contributed by atoms with Crippen LogP contribution < -0.4 is 13.1 Å². The number of hydrogen-bond acceptors (Lipinski definition) is 11. The van der Waals surface area contributed by atoms with E-state index in [0.29, 0.717) is 0 Å². The summed E-state index contributed by atoms with van der Waals surface area (Å²) in [4.78, 5) is 24.2. The van der Waals surface area contributed by atoms with E-state index in [-0.39, 0.29) is 15.5 Å². The first-order chi connectivity index (χ1) is 20.9. The minimum atomic E-state index is -4.60. The van der Waals surface area contributed by atoms with Gasteiger partial charge in [-0.05, 0) is 65.0 Å². The number of carbonyl (C=O) groups is 2. The van der Waals surface area contributed by atoms with E-state index in [4.69, 9.17) is 17.8 Å². The first kappa shape index (κ1) is 33.0. The van der Waals surface area contributed by atoms with E-state index in [1.807, 2.05) is 0 Å². The van der Waals surface area contributed by atoms with Gasteiger partial charge in [-0.3, -0.25) is 0 Å². The van der Waals surface area contributed by atoms with E-state index in [9.17, 15) is 31.5 Å². The minimum absolute atomic E-state index is 0.158. The fourth-order valence-corrected chi connectivity index (χ4v) is 5.60. The number of carboxylic acids is 1. The monoisotopic (exact) mass is 658 g/mol. The van der Waals surface area contributed by atoms with Crippen molar-refractivity contribution in [1.82, 2.24) is 9.78 Å². The van der Waals surface area contributed by atoms with Crippen LogP contribution in [0.2, 0.25) is 0 Å². The van der Waals surface area contributed by atoms with E-state index < -0.39 is 67.3 Å².